The standard InChI is InChI=1S/C27H30N2O2S/c1-31-24-14-12-21(13-15-24)16-18-28-17-6-8-23(28)19-29-25-9-3-2-7-22(25)20-32(30)27-11-5-4-10-26(27)29/h2-5,7,9-15,23H,6,8,16-20H2,1H3. The summed E-state index contributed by atoms with van der Waals surface area (Å²) in [6, 6.07) is 25.6. The highest BCUT2D eigenvalue weighted by Crippen LogP contribution is 2.40. The molecule has 166 valence electrons. The van der Waals surface area contributed by atoms with Gasteiger partial charge in [-0.1, -0.05) is 42.5 Å². The first-order valence-electron chi connectivity index (χ1n) is 11.4. The van der Waals surface area contributed by atoms with Crippen LogP contribution in [0, 0.1) is 0 Å². The van der Waals surface area contributed by atoms with E-state index in [4.69, 9.17) is 4.74 Å². The molecule has 32 heavy (non-hydrogen) atoms. The van der Waals surface area contributed by atoms with Gasteiger partial charge >= 0.3 is 0 Å². The normalized spacial score (nSPS) is 20.5. The maximum Gasteiger partial charge on any atom is 0.176 e. The van der Waals surface area contributed by atoms with Crippen LogP contribution < -0.4 is 9.64 Å². The summed E-state index contributed by atoms with van der Waals surface area (Å²) in [5.41, 5.74) is 4.81. The summed E-state index contributed by atoms with van der Waals surface area (Å²) in [5, 5.41) is 0. The van der Waals surface area contributed by atoms with Crippen LogP contribution in [0.25, 0.3) is 0 Å². The smallest absolute Gasteiger partial charge is 0.176 e. The second-order valence-electron chi connectivity index (χ2n) is 8.63. The van der Waals surface area contributed by atoms with E-state index in [0.717, 1.165) is 42.4 Å². The van der Waals surface area contributed by atoms with Crippen LogP contribution in [0.2, 0.25) is 0 Å². The van der Waals surface area contributed by atoms with Gasteiger partial charge in [0, 0.05) is 30.4 Å². The maximum absolute atomic E-state index is 13.1. The fourth-order valence-electron chi connectivity index (χ4n) is 4.99. The predicted molar refractivity (Wildman–Crippen MR) is 131 cm³/mol. The first kappa shape index (κ1) is 21.4. The zero-order valence-electron chi connectivity index (χ0n) is 18.6. The molecule has 0 aliphatic carbocycles. The second-order valence-corrected chi connectivity index (χ2v) is 10.0. The third-order valence-corrected chi connectivity index (χ3v) is 8.12. The molecule has 2 aliphatic rings. The molecular weight excluding hydrogens is 416 g/mol. The van der Waals surface area contributed by atoms with Gasteiger partial charge in [0.2, 0.25) is 0 Å². The fraction of sp³-hybridized carbons (Fsp3) is 0.333. The third-order valence-electron chi connectivity index (χ3n) is 6.71. The average Bonchev–Trinajstić information content (AvgIpc) is 3.24. The lowest BCUT2D eigenvalue weighted by Gasteiger charge is -2.32. The molecule has 0 bridgehead atoms. The molecule has 0 aromatic heterocycles. The number of rotatable bonds is 6. The predicted octanol–water partition coefficient (Wildman–Crippen LogP) is 5.16. The van der Waals surface area contributed by atoms with Crippen molar-refractivity contribution in [3.05, 3.63) is 83.9 Å². The van der Waals surface area contributed by atoms with E-state index in [1.807, 2.05) is 24.3 Å². The van der Waals surface area contributed by atoms with Crippen LogP contribution in [0.4, 0.5) is 11.4 Å². The average molecular weight is 447 g/mol. The number of nitrogens with zero attached hydrogens (tertiary/aromatic N) is 2. The maximum atomic E-state index is 13.1. The topological polar surface area (TPSA) is 38.8 Å². The molecule has 3 aromatic carbocycles. The van der Waals surface area contributed by atoms with Crippen molar-refractivity contribution in [3.63, 3.8) is 0 Å². The molecule has 2 heterocycles. The minimum Gasteiger partial charge on any atom is -0.611 e. The summed E-state index contributed by atoms with van der Waals surface area (Å²) >= 11 is -1.02. The lowest BCUT2D eigenvalue weighted by molar-refractivity contribution is 0.261. The molecule has 0 amide bonds. The van der Waals surface area contributed by atoms with Gasteiger partial charge in [0.25, 0.3) is 0 Å². The zero-order chi connectivity index (χ0) is 21.9. The van der Waals surface area contributed by atoms with Crippen LogP contribution in [-0.2, 0) is 23.3 Å². The van der Waals surface area contributed by atoms with Crippen molar-refractivity contribution in [2.75, 3.05) is 31.6 Å². The Labute approximate surface area is 194 Å². The van der Waals surface area contributed by atoms with Gasteiger partial charge in [-0.15, -0.1) is 0 Å². The van der Waals surface area contributed by atoms with Crippen molar-refractivity contribution >= 4 is 22.6 Å². The van der Waals surface area contributed by atoms with Crippen molar-refractivity contribution in [2.24, 2.45) is 0 Å². The summed E-state index contributed by atoms with van der Waals surface area (Å²) in [5.74, 6) is 1.49. The monoisotopic (exact) mass is 446 g/mol. The third kappa shape index (κ3) is 4.38. The highest BCUT2D eigenvalue weighted by atomic mass is 32.2. The summed E-state index contributed by atoms with van der Waals surface area (Å²) in [7, 11) is 1.71. The molecule has 0 spiro atoms. The molecule has 5 rings (SSSR count). The van der Waals surface area contributed by atoms with Gasteiger partial charge in [0.05, 0.1) is 12.8 Å². The lowest BCUT2D eigenvalue weighted by Crippen LogP contribution is -2.40. The van der Waals surface area contributed by atoms with Gasteiger partial charge in [-0.25, -0.2) is 0 Å². The molecule has 1 saturated heterocycles. The number of benzene rings is 3. The van der Waals surface area contributed by atoms with Gasteiger partial charge in [-0.05, 0) is 72.9 Å². The zero-order valence-corrected chi connectivity index (χ0v) is 19.4. The Morgan fingerprint density at radius 3 is 2.53 bits per heavy atom. The SMILES string of the molecule is COc1ccc(CCN2CCCC2CN2c3ccccc3C[S+]([O-])c3ccccc32)cc1. The minimum atomic E-state index is -1.02. The van der Waals surface area contributed by atoms with Gasteiger partial charge in [-0.2, -0.15) is 0 Å². The van der Waals surface area contributed by atoms with E-state index in [2.05, 4.69) is 58.3 Å². The largest absolute Gasteiger partial charge is 0.611 e. The molecule has 3 aromatic rings. The second kappa shape index (κ2) is 9.57. The molecule has 2 aliphatic heterocycles. The Hall–Kier alpha value is -2.47. The van der Waals surface area contributed by atoms with E-state index in [1.54, 1.807) is 7.11 Å². The van der Waals surface area contributed by atoms with E-state index >= 15 is 0 Å². The van der Waals surface area contributed by atoms with Crippen molar-refractivity contribution < 1.29 is 9.29 Å². The first-order chi connectivity index (χ1) is 15.7. The van der Waals surface area contributed by atoms with E-state index in [1.165, 1.54) is 29.7 Å². The summed E-state index contributed by atoms with van der Waals surface area (Å²) in [6.45, 7) is 3.12. The van der Waals surface area contributed by atoms with E-state index in [9.17, 15) is 4.55 Å². The van der Waals surface area contributed by atoms with Crippen LogP contribution in [0.3, 0.4) is 0 Å². The molecule has 4 nitrogen and oxygen atoms in total. The van der Waals surface area contributed by atoms with E-state index in [-0.39, 0.29) is 0 Å². The van der Waals surface area contributed by atoms with Gasteiger partial charge in [0.1, 0.15) is 11.5 Å². The Balaban J connectivity index is 1.37. The summed E-state index contributed by atoms with van der Waals surface area (Å²) in [4.78, 5) is 6.01. The van der Waals surface area contributed by atoms with E-state index < -0.39 is 11.2 Å². The molecule has 5 heteroatoms. The van der Waals surface area contributed by atoms with Crippen molar-refractivity contribution in [2.45, 2.75) is 36.0 Å². The quantitative estimate of drug-likeness (QED) is 0.490. The highest BCUT2D eigenvalue weighted by molar-refractivity contribution is 7.90. The number of fused-ring (bicyclic) bond motifs is 2. The lowest BCUT2D eigenvalue weighted by atomic mass is 10.1. The molecule has 0 radical (unpaired) electrons. The molecule has 2 unspecified atom stereocenters. The van der Waals surface area contributed by atoms with Crippen LogP contribution in [0.1, 0.15) is 24.0 Å². The minimum absolute atomic E-state index is 0.487. The Morgan fingerprint density at radius 2 is 1.72 bits per heavy atom. The van der Waals surface area contributed by atoms with Crippen molar-refractivity contribution in [1.29, 1.82) is 0 Å². The van der Waals surface area contributed by atoms with E-state index in [0.29, 0.717) is 11.8 Å². The number of ether oxygens (including phenoxy) is 1. The molecule has 0 saturated carbocycles. The Morgan fingerprint density at radius 1 is 0.969 bits per heavy atom. The van der Waals surface area contributed by atoms with Crippen LogP contribution in [-0.4, -0.2) is 42.2 Å². The van der Waals surface area contributed by atoms with Gasteiger partial charge in [0.15, 0.2) is 4.90 Å². The number of para-hydroxylation sites is 2. The number of methoxy groups -OCH3 is 1. The molecule has 0 N–H and O–H groups in total. The first-order valence-corrected chi connectivity index (χ1v) is 12.7. The summed E-state index contributed by atoms with van der Waals surface area (Å²) in [6.07, 6.45) is 3.47. The van der Waals surface area contributed by atoms with Crippen LogP contribution >= 0.6 is 0 Å². The van der Waals surface area contributed by atoms with Gasteiger partial charge < -0.3 is 14.2 Å². The number of likely N-dealkylation sites (tertiary alicyclic amines) is 1. The van der Waals surface area contributed by atoms with Gasteiger partial charge in [-0.3, -0.25) is 4.90 Å². The number of hydrogen-bond donors (Lipinski definition) is 0. The molecule has 1 fully saturated rings. The fourth-order valence-corrected chi connectivity index (χ4v) is 6.31. The van der Waals surface area contributed by atoms with Crippen molar-refractivity contribution in [1.82, 2.24) is 4.90 Å². The van der Waals surface area contributed by atoms with Crippen molar-refractivity contribution in [3.8, 4) is 5.75 Å². The van der Waals surface area contributed by atoms with Crippen LogP contribution in [0.5, 0.6) is 5.75 Å². The van der Waals surface area contributed by atoms with Crippen LogP contribution in [0.15, 0.2) is 77.7 Å². The Bertz CT molecular complexity index is 1060. The molecule has 2 atom stereocenters. The number of hydrogen-bond acceptors (Lipinski definition) is 4. The summed E-state index contributed by atoms with van der Waals surface area (Å²) < 4.78 is 18.4. The number of anilines is 2. The Kier molecular flexibility index (Phi) is 6.39. The highest BCUT2D eigenvalue weighted by Gasteiger charge is 2.32. The molecular formula is C27H30N2O2S.